The van der Waals surface area contributed by atoms with E-state index < -0.39 is 0 Å². The average Bonchev–Trinajstić information content (AvgIpc) is 2.03. The SMILES string of the molecule is Fc1cc(Cl)ccc1/C=C/CBr. The summed E-state index contributed by atoms with van der Waals surface area (Å²) >= 11 is 8.79. The minimum absolute atomic E-state index is 0.292. The second-order valence-electron chi connectivity index (χ2n) is 2.22. The first-order valence-electron chi connectivity index (χ1n) is 3.41. The molecule has 0 N–H and O–H groups in total. The van der Waals surface area contributed by atoms with Crippen LogP contribution in [0.3, 0.4) is 0 Å². The third-order valence-corrected chi connectivity index (χ3v) is 1.96. The van der Waals surface area contributed by atoms with E-state index in [4.69, 9.17) is 11.6 Å². The second-order valence-corrected chi connectivity index (χ2v) is 3.31. The molecule has 0 amide bonds. The molecular weight excluding hydrogens is 242 g/mol. The maximum atomic E-state index is 13.0. The molecule has 0 atom stereocenters. The molecule has 0 unspecified atom stereocenters. The molecule has 0 saturated heterocycles. The first-order chi connectivity index (χ1) is 5.74. The second kappa shape index (κ2) is 4.63. The molecule has 0 aliphatic heterocycles. The van der Waals surface area contributed by atoms with Gasteiger partial charge in [0.1, 0.15) is 5.82 Å². The fourth-order valence-electron chi connectivity index (χ4n) is 0.808. The lowest BCUT2D eigenvalue weighted by molar-refractivity contribution is 0.625. The summed E-state index contributed by atoms with van der Waals surface area (Å²) in [6.45, 7) is 0. The highest BCUT2D eigenvalue weighted by Crippen LogP contribution is 2.15. The van der Waals surface area contributed by atoms with E-state index in [0.29, 0.717) is 10.6 Å². The molecule has 0 bridgehead atoms. The Balaban J connectivity index is 2.94. The fraction of sp³-hybridized carbons (Fsp3) is 0.111. The van der Waals surface area contributed by atoms with Gasteiger partial charge in [-0.05, 0) is 12.1 Å². The highest BCUT2D eigenvalue weighted by molar-refractivity contribution is 9.09. The lowest BCUT2D eigenvalue weighted by Gasteiger charge is -1.96. The number of alkyl halides is 1. The van der Waals surface area contributed by atoms with Crippen molar-refractivity contribution in [1.29, 1.82) is 0 Å². The summed E-state index contributed by atoms with van der Waals surface area (Å²) < 4.78 is 13.0. The smallest absolute Gasteiger partial charge is 0.131 e. The summed E-state index contributed by atoms with van der Waals surface area (Å²) in [6, 6.07) is 4.62. The maximum absolute atomic E-state index is 13.0. The van der Waals surface area contributed by atoms with Gasteiger partial charge in [0.05, 0.1) is 0 Å². The van der Waals surface area contributed by atoms with Crippen LogP contribution in [0.5, 0.6) is 0 Å². The summed E-state index contributed by atoms with van der Waals surface area (Å²) in [7, 11) is 0. The van der Waals surface area contributed by atoms with E-state index in [0.717, 1.165) is 5.33 Å². The fourth-order valence-corrected chi connectivity index (χ4v) is 1.15. The van der Waals surface area contributed by atoms with Gasteiger partial charge in [-0.2, -0.15) is 0 Å². The monoisotopic (exact) mass is 248 g/mol. The van der Waals surface area contributed by atoms with Gasteiger partial charge in [0.2, 0.25) is 0 Å². The zero-order valence-corrected chi connectivity index (χ0v) is 8.57. The molecule has 0 heterocycles. The van der Waals surface area contributed by atoms with Crippen LogP contribution in [0, 0.1) is 5.82 Å². The van der Waals surface area contributed by atoms with Crippen molar-refractivity contribution in [2.24, 2.45) is 0 Å². The normalized spacial score (nSPS) is 10.9. The van der Waals surface area contributed by atoms with Gasteiger partial charge in [-0.1, -0.05) is 45.7 Å². The minimum atomic E-state index is -0.292. The van der Waals surface area contributed by atoms with Crippen molar-refractivity contribution in [2.45, 2.75) is 0 Å². The van der Waals surface area contributed by atoms with Crippen LogP contribution in [-0.2, 0) is 0 Å². The van der Waals surface area contributed by atoms with E-state index in [1.807, 2.05) is 6.08 Å². The summed E-state index contributed by atoms with van der Waals surface area (Å²) in [5, 5.41) is 1.14. The van der Waals surface area contributed by atoms with Crippen molar-refractivity contribution in [3.8, 4) is 0 Å². The molecule has 0 spiro atoms. The number of halogens is 3. The van der Waals surface area contributed by atoms with E-state index in [9.17, 15) is 4.39 Å². The van der Waals surface area contributed by atoms with E-state index in [1.54, 1.807) is 18.2 Å². The van der Waals surface area contributed by atoms with Crippen LogP contribution < -0.4 is 0 Å². The molecule has 0 aliphatic carbocycles. The molecule has 64 valence electrons. The highest BCUT2D eigenvalue weighted by atomic mass is 79.9. The maximum Gasteiger partial charge on any atom is 0.131 e. The summed E-state index contributed by atoms with van der Waals surface area (Å²) in [5.41, 5.74) is 0.554. The van der Waals surface area contributed by atoms with Crippen molar-refractivity contribution in [3.05, 3.63) is 40.7 Å². The molecule has 0 aliphatic rings. The Morgan fingerprint density at radius 3 is 2.83 bits per heavy atom. The van der Waals surface area contributed by atoms with E-state index in [2.05, 4.69) is 15.9 Å². The lowest BCUT2D eigenvalue weighted by atomic mass is 10.2. The van der Waals surface area contributed by atoms with Crippen LogP contribution in [0.1, 0.15) is 5.56 Å². The Bertz CT molecular complexity index is 297. The van der Waals surface area contributed by atoms with Crippen LogP contribution in [0.25, 0.3) is 6.08 Å². The van der Waals surface area contributed by atoms with Gasteiger partial charge in [0, 0.05) is 15.9 Å². The van der Waals surface area contributed by atoms with Crippen molar-refractivity contribution in [3.63, 3.8) is 0 Å². The lowest BCUT2D eigenvalue weighted by Crippen LogP contribution is -1.80. The molecule has 1 aromatic rings. The van der Waals surface area contributed by atoms with E-state index in [-0.39, 0.29) is 5.82 Å². The van der Waals surface area contributed by atoms with Gasteiger partial charge in [0.15, 0.2) is 0 Å². The summed E-state index contributed by atoms with van der Waals surface area (Å²) in [5.74, 6) is -0.292. The number of rotatable bonds is 2. The first-order valence-corrected chi connectivity index (χ1v) is 4.91. The highest BCUT2D eigenvalue weighted by Gasteiger charge is 1.97. The van der Waals surface area contributed by atoms with Gasteiger partial charge in [-0.15, -0.1) is 0 Å². The minimum Gasteiger partial charge on any atom is -0.206 e. The zero-order chi connectivity index (χ0) is 8.97. The molecule has 1 aromatic carbocycles. The molecule has 0 radical (unpaired) electrons. The number of hydrogen-bond acceptors (Lipinski definition) is 0. The predicted octanol–water partition coefficient (Wildman–Crippen LogP) is 3.89. The molecule has 3 heteroatoms. The van der Waals surface area contributed by atoms with Crippen molar-refractivity contribution < 1.29 is 4.39 Å². The van der Waals surface area contributed by atoms with Gasteiger partial charge in [0.25, 0.3) is 0 Å². The van der Waals surface area contributed by atoms with Crippen LogP contribution in [-0.4, -0.2) is 5.33 Å². The first kappa shape index (κ1) is 9.75. The average molecular weight is 250 g/mol. The third kappa shape index (κ3) is 2.61. The van der Waals surface area contributed by atoms with Gasteiger partial charge >= 0.3 is 0 Å². The van der Waals surface area contributed by atoms with Crippen molar-refractivity contribution in [2.75, 3.05) is 5.33 Å². The number of benzene rings is 1. The van der Waals surface area contributed by atoms with E-state index >= 15 is 0 Å². The Morgan fingerprint density at radius 2 is 2.25 bits per heavy atom. The molecule has 0 nitrogen and oxygen atoms in total. The Labute approximate surface area is 84.2 Å². The van der Waals surface area contributed by atoms with Crippen LogP contribution in [0.2, 0.25) is 5.02 Å². The molecule has 0 fully saturated rings. The van der Waals surface area contributed by atoms with Gasteiger partial charge in [-0.3, -0.25) is 0 Å². The van der Waals surface area contributed by atoms with E-state index in [1.165, 1.54) is 6.07 Å². The quantitative estimate of drug-likeness (QED) is 0.698. The van der Waals surface area contributed by atoms with Crippen molar-refractivity contribution >= 4 is 33.6 Å². The zero-order valence-electron chi connectivity index (χ0n) is 6.23. The number of allylic oxidation sites excluding steroid dienone is 1. The Morgan fingerprint density at radius 1 is 1.50 bits per heavy atom. The topological polar surface area (TPSA) is 0 Å². The predicted molar refractivity (Wildman–Crippen MR) is 54.2 cm³/mol. The summed E-state index contributed by atoms with van der Waals surface area (Å²) in [4.78, 5) is 0. The Kier molecular flexibility index (Phi) is 3.76. The van der Waals surface area contributed by atoms with Gasteiger partial charge in [-0.25, -0.2) is 4.39 Å². The molecule has 1 rings (SSSR count). The molecule has 0 saturated carbocycles. The van der Waals surface area contributed by atoms with Crippen molar-refractivity contribution in [1.82, 2.24) is 0 Å². The molecule has 0 aromatic heterocycles. The Hall–Kier alpha value is -0.340. The molecular formula is C9H7BrClF. The standard InChI is InChI=1S/C9H7BrClF/c10-5-1-2-7-3-4-8(11)6-9(7)12/h1-4,6H,5H2/b2-1+. The number of hydrogen-bond donors (Lipinski definition) is 0. The van der Waals surface area contributed by atoms with Gasteiger partial charge < -0.3 is 0 Å². The van der Waals surface area contributed by atoms with Crippen LogP contribution in [0.4, 0.5) is 4.39 Å². The summed E-state index contributed by atoms with van der Waals surface area (Å²) in [6.07, 6.45) is 3.53. The van der Waals surface area contributed by atoms with Crippen LogP contribution >= 0.6 is 27.5 Å². The molecule has 12 heavy (non-hydrogen) atoms. The van der Waals surface area contributed by atoms with Crippen LogP contribution in [0.15, 0.2) is 24.3 Å². The largest absolute Gasteiger partial charge is 0.206 e. The third-order valence-electron chi connectivity index (χ3n) is 1.35.